The van der Waals surface area contributed by atoms with Crippen LogP contribution in [0.2, 0.25) is 0 Å². The zero-order valence-electron chi connectivity index (χ0n) is 16.9. The van der Waals surface area contributed by atoms with Crippen LogP contribution in [0.1, 0.15) is 0 Å². The fourth-order valence-electron chi connectivity index (χ4n) is 3.88. The van der Waals surface area contributed by atoms with Crippen LogP contribution in [0.15, 0.2) is 106 Å². The number of benzene rings is 4. The molecular weight excluding hydrogens is 462 g/mol. The lowest BCUT2D eigenvalue weighted by Crippen LogP contribution is -2.00. The fourth-order valence-corrected chi connectivity index (χ4v) is 4.60. The summed E-state index contributed by atoms with van der Waals surface area (Å²) in [5.41, 5.74) is 4.45. The van der Waals surface area contributed by atoms with E-state index in [9.17, 15) is 0 Å². The van der Waals surface area contributed by atoms with Crippen LogP contribution < -0.4 is 0 Å². The lowest BCUT2D eigenvalue weighted by molar-refractivity contribution is 0.669. The van der Waals surface area contributed by atoms with Crippen LogP contribution in [0.25, 0.3) is 56.1 Å². The molecule has 0 radical (unpaired) electrons. The second-order valence-electron chi connectivity index (χ2n) is 7.44. The van der Waals surface area contributed by atoms with Crippen LogP contribution in [0.5, 0.6) is 0 Å². The smallest absolute Gasteiger partial charge is 0.165 e. The van der Waals surface area contributed by atoms with E-state index in [-0.39, 0.29) is 0 Å². The van der Waals surface area contributed by atoms with E-state index < -0.39 is 0 Å². The number of hydrogen-bond donors (Lipinski definition) is 0. The number of hydrogen-bond acceptors (Lipinski definition) is 4. The SMILES string of the molecule is Brc1c(-c2nc(-c3ccccc3)nc(-c3ccccc3)n2)ccc2oc3ccccc3c12. The summed E-state index contributed by atoms with van der Waals surface area (Å²) in [5.74, 6) is 1.88. The van der Waals surface area contributed by atoms with E-state index in [4.69, 9.17) is 19.4 Å². The number of rotatable bonds is 3. The van der Waals surface area contributed by atoms with E-state index in [0.29, 0.717) is 17.5 Å². The van der Waals surface area contributed by atoms with Gasteiger partial charge in [0.25, 0.3) is 0 Å². The number of furan rings is 1. The van der Waals surface area contributed by atoms with E-state index in [1.165, 1.54) is 0 Å². The maximum atomic E-state index is 6.03. The number of para-hydroxylation sites is 1. The molecule has 0 fully saturated rings. The first-order valence-electron chi connectivity index (χ1n) is 10.2. The maximum Gasteiger partial charge on any atom is 0.165 e. The van der Waals surface area contributed by atoms with Gasteiger partial charge in [0.1, 0.15) is 11.2 Å². The summed E-state index contributed by atoms with van der Waals surface area (Å²) in [4.78, 5) is 14.5. The average Bonchev–Trinajstić information content (AvgIpc) is 3.24. The van der Waals surface area contributed by atoms with Crippen LogP contribution in [0, 0.1) is 0 Å². The van der Waals surface area contributed by atoms with Crippen molar-refractivity contribution < 1.29 is 4.42 Å². The van der Waals surface area contributed by atoms with Crippen molar-refractivity contribution in [2.45, 2.75) is 0 Å². The summed E-state index contributed by atoms with van der Waals surface area (Å²) in [6, 6.07) is 32.0. The third-order valence-corrected chi connectivity index (χ3v) is 6.24. The highest BCUT2D eigenvalue weighted by atomic mass is 79.9. The van der Waals surface area contributed by atoms with Gasteiger partial charge in [-0.3, -0.25) is 0 Å². The zero-order valence-corrected chi connectivity index (χ0v) is 18.5. The van der Waals surface area contributed by atoms with E-state index in [1.54, 1.807) is 0 Å². The lowest BCUT2D eigenvalue weighted by atomic mass is 10.1. The normalized spacial score (nSPS) is 11.3. The summed E-state index contributed by atoms with van der Waals surface area (Å²) in [5, 5.41) is 2.07. The highest BCUT2D eigenvalue weighted by Gasteiger charge is 2.18. The number of halogens is 1. The molecule has 4 nitrogen and oxygen atoms in total. The molecule has 2 heterocycles. The predicted octanol–water partition coefficient (Wildman–Crippen LogP) is 7.53. The fraction of sp³-hybridized carbons (Fsp3) is 0. The molecule has 0 aliphatic rings. The van der Waals surface area contributed by atoms with Crippen LogP contribution in [0.3, 0.4) is 0 Å². The Bertz CT molecular complexity index is 1520. The third kappa shape index (κ3) is 3.18. The van der Waals surface area contributed by atoms with Crippen molar-refractivity contribution >= 4 is 37.9 Å². The highest BCUT2D eigenvalue weighted by Crippen LogP contribution is 2.39. The topological polar surface area (TPSA) is 51.8 Å². The Morgan fingerprint density at radius 2 is 1.09 bits per heavy atom. The Balaban J connectivity index is 1.62. The first kappa shape index (κ1) is 18.9. The average molecular weight is 478 g/mol. The van der Waals surface area contributed by atoms with E-state index in [2.05, 4.69) is 22.0 Å². The van der Waals surface area contributed by atoms with Crippen molar-refractivity contribution in [3.63, 3.8) is 0 Å². The Morgan fingerprint density at radius 1 is 0.531 bits per heavy atom. The maximum absolute atomic E-state index is 6.03. The number of nitrogens with zero attached hydrogens (tertiary/aromatic N) is 3. The quantitative estimate of drug-likeness (QED) is 0.264. The van der Waals surface area contributed by atoms with Crippen molar-refractivity contribution in [2.24, 2.45) is 0 Å². The van der Waals surface area contributed by atoms with Gasteiger partial charge < -0.3 is 4.42 Å². The molecule has 0 unspecified atom stereocenters. The van der Waals surface area contributed by atoms with Gasteiger partial charge in [0, 0.05) is 31.9 Å². The van der Waals surface area contributed by atoms with Crippen LogP contribution in [0.4, 0.5) is 0 Å². The zero-order chi connectivity index (χ0) is 21.5. The molecule has 0 N–H and O–H groups in total. The molecule has 0 atom stereocenters. The van der Waals surface area contributed by atoms with E-state index in [0.717, 1.165) is 43.1 Å². The molecule has 6 aromatic rings. The monoisotopic (exact) mass is 477 g/mol. The Labute approximate surface area is 192 Å². The van der Waals surface area contributed by atoms with Gasteiger partial charge in [-0.05, 0) is 34.1 Å². The van der Waals surface area contributed by atoms with E-state index in [1.807, 2.05) is 91.0 Å². The molecule has 32 heavy (non-hydrogen) atoms. The summed E-state index contributed by atoms with van der Waals surface area (Å²) in [6.45, 7) is 0. The molecule has 6 rings (SSSR count). The molecule has 0 aliphatic carbocycles. The number of fused-ring (bicyclic) bond motifs is 3. The molecule has 152 valence electrons. The first-order valence-corrected chi connectivity index (χ1v) is 11.0. The molecule has 5 heteroatoms. The lowest BCUT2D eigenvalue weighted by Gasteiger charge is -2.10. The molecule has 0 saturated heterocycles. The molecule has 0 amide bonds. The van der Waals surface area contributed by atoms with Crippen molar-refractivity contribution in [3.8, 4) is 34.2 Å². The van der Waals surface area contributed by atoms with Crippen molar-refractivity contribution in [1.29, 1.82) is 0 Å². The largest absolute Gasteiger partial charge is 0.456 e. The first-order chi connectivity index (χ1) is 15.8. The van der Waals surface area contributed by atoms with Gasteiger partial charge in [-0.1, -0.05) is 78.9 Å². The van der Waals surface area contributed by atoms with Crippen molar-refractivity contribution in [1.82, 2.24) is 15.0 Å². The number of aromatic nitrogens is 3. The summed E-state index contributed by atoms with van der Waals surface area (Å²) in [6.07, 6.45) is 0. The standard InChI is InChI=1S/C27H16BrN3O/c28-24-20(15-16-22-23(24)19-13-7-8-14-21(19)32-22)27-30-25(17-9-3-1-4-10-17)29-26(31-27)18-11-5-2-6-12-18/h1-16H. The Morgan fingerprint density at radius 3 is 1.75 bits per heavy atom. The van der Waals surface area contributed by atoms with Gasteiger partial charge in [-0.15, -0.1) is 0 Å². The summed E-state index contributed by atoms with van der Waals surface area (Å²) in [7, 11) is 0. The minimum Gasteiger partial charge on any atom is -0.456 e. The predicted molar refractivity (Wildman–Crippen MR) is 131 cm³/mol. The summed E-state index contributed by atoms with van der Waals surface area (Å²) < 4.78 is 6.93. The second kappa shape index (κ2) is 7.70. The van der Waals surface area contributed by atoms with E-state index >= 15 is 0 Å². The molecule has 0 spiro atoms. The van der Waals surface area contributed by atoms with Gasteiger partial charge >= 0.3 is 0 Å². The van der Waals surface area contributed by atoms with Gasteiger partial charge in [0.2, 0.25) is 0 Å². The van der Waals surface area contributed by atoms with Gasteiger partial charge in [-0.2, -0.15) is 0 Å². The van der Waals surface area contributed by atoms with Crippen LogP contribution in [-0.2, 0) is 0 Å². The molecule has 0 saturated carbocycles. The Kier molecular flexibility index (Phi) is 4.55. The van der Waals surface area contributed by atoms with Gasteiger partial charge in [0.15, 0.2) is 17.5 Å². The minimum absolute atomic E-state index is 0.608. The molecular formula is C27H16BrN3O. The van der Waals surface area contributed by atoms with Gasteiger partial charge in [0.05, 0.1) is 0 Å². The van der Waals surface area contributed by atoms with Crippen LogP contribution in [-0.4, -0.2) is 15.0 Å². The van der Waals surface area contributed by atoms with Crippen molar-refractivity contribution in [2.75, 3.05) is 0 Å². The van der Waals surface area contributed by atoms with Gasteiger partial charge in [-0.25, -0.2) is 15.0 Å². The minimum atomic E-state index is 0.608. The molecule has 0 bridgehead atoms. The highest BCUT2D eigenvalue weighted by molar-refractivity contribution is 9.10. The molecule has 0 aliphatic heterocycles. The van der Waals surface area contributed by atoms with Crippen LogP contribution >= 0.6 is 15.9 Å². The second-order valence-corrected chi connectivity index (χ2v) is 8.23. The molecule has 4 aromatic carbocycles. The molecule has 2 aromatic heterocycles. The Hall–Kier alpha value is -3.83. The summed E-state index contributed by atoms with van der Waals surface area (Å²) >= 11 is 3.82. The van der Waals surface area contributed by atoms with Crippen molar-refractivity contribution in [3.05, 3.63) is 102 Å². The third-order valence-electron chi connectivity index (χ3n) is 5.42.